The summed E-state index contributed by atoms with van der Waals surface area (Å²) in [6, 6.07) is 13.0. The number of ether oxygens (including phenoxy) is 1. The van der Waals surface area contributed by atoms with E-state index in [1.807, 2.05) is 0 Å². The van der Waals surface area contributed by atoms with Crippen molar-refractivity contribution in [3.8, 4) is 5.75 Å². The summed E-state index contributed by atoms with van der Waals surface area (Å²) in [5.41, 5.74) is 1.33. The molecule has 2 aromatic rings. The van der Waals surface area contributed by atoms with Gasteiger partial charge in [0.2, 0.25) is 5.91 Å². The Bertz CT molecular complexity index is 788. The first-order valence-electron chi connectivity index (χ1n) is 7.55. The van der Waals surface area contributed by atoms with Crippen LogP contribution in [0.15, 0.2) is 48.5 Å². The zero-order valence-electron chi connectivity index (χ0n) is 13.9. The van der Waals surface area contributed by atoms with E-state index in [1.165, 1.54) is 12.1 Å². The van der Waals surface area contributed by atoms with Crippen molar-refractivity contribution in [3.63, 3.8) is 0 Å². The van der Waals surface area contributed by atoms with Crippen molar-refractivity contribution in [1.82, 2.24) is 0 Å². The molecule has 0 aromatic heterocycles. The Hall–Kier alpha value is -2.67. The molecular weight excluding hydrogens is 342 g/mol. The van der Waals surface area contributed by atoms with E-state index in [4.69, 9.17) is 9.84 Å². The maximum Gasteiger partial charge on any atom is 0.335 e. The molecule has 0 saturated carbocycles. The smallest absolute Gasteiger partial charge is 0.335 e. The second-order valence-corrected chi connectivity index (χ2v) is 7.15. The summed E-state index contributed by atoms with van der Waals surface area (Å²) >= 11 is 0. The Balaban J connectivity index is 1.99. The lowest BCUT2D eigenvalue weighted by atomic mass is 10.1. The van der Waals surface area contributed by atoms with Gasteiger partial charge in [-0.15, -0.1) is 0 Å². The Labute approximate surface area is 148 Å². The summed E-state index contributed by atoms with van der Waals surface area (Å²) < 4.78 is 17.5. The molecule has 0 aliphatic rings. The lowest BCUT2D eigenvalue weighted by molar-refractivity contribution is -0.115. The van der Waals surface area contributed by atoms with Gasteiger partial charge in [-0.05, 0) is 48.9 Å². The minimum absolute atomic E-state index is 0.109. The third-order valence-corrected chi connectivity index (χ3v) is 5.22. The first kappa shape index (κ1) is 18.7. The molecule has 0 bridgehead atoms. The van der Waals surface area contributed by atoms with Gasteiger partial charge in [0.05, 0.1) is 12.7 Å². The molecule has 0 fully saturated rings. The minimum atomic E-state index is -1.48. The summed E-state index contributed by atoms with van der Waals surface area (Å²) in [5.74, 6) is -0.623. The van der Waals surface area contributed by atoms with Crippen LogP contribution in [0.5, 0.6) is 5.75 Å². The van der Waals surface area contributed by atoms with E-state index in [1.54, 1.807) is 50.4 Å². The monoisotopic (exact) mass is 361 g/mol. The molecule has 25 heavy (non-hydrogen) atoms. The quantitative estimate of drug-likeness (QED) is 0.791. The summed E-state index contributed by atoms with van der Waals surface area (Å²) in [7, 11) is 0.0771. The number of carboxylic acids is 1. The molecule has 7 heteroatoms. The van der Waals surface area contributed by atoms with Crippen LogP contribution in [0.1, 0.15) is 22.8 Å². The van der Waals surface area contributed by atoms with Crippen LogP contribution in [-0.2, 0) is 21.3 Å². The lowest BCUT2D eigenvalue weighted by Crippen LogP contribution is -2.29. The topological polar surface area (TPSA) is 92.7 Å². The fourth-order valence-corrected chi connectivity index (χ4v) is 3.18. The van der Waals surface area contributed by atoms with Gasteiger partial charge in [-0.1, -0.05) is 12.1 Å². The second-order valence-electron chi connectivity index (χ2n) is 5.39. The van der Waals surface area contributed by atoms with Gasteiger partial charge < -0.3 is 15.2 Å². The second kappa shape index (κ2) is 8.43. The first-order valence-corrected chi connectivity index (χ1v) is 8.93. The fourth-order valence-electron chi connectivity index (χ4n) is 2.12. The van der Waals surface area contributed by atoms with E-state index in [-0.39, 0.29) is 17.2 Å². The van der Waals surface area contributed by atoms with Crippen LogP contribution in [0.25, 0.3) is 0 Å². The molecule has 2 atom stereocenters. The number of aromatic carboxylic acids is 1. The third-order valence-electron chi connectivity index (χ3n) is 3.60. The van der Waals surface area contributed by atoms with Crippen LogP contribution in [-0.4, -0.2) is 33.6 Å². The summed E-state index contributed by atoms with van der Waals surface area (Å²) in [6.07, 6.45) is 0. The summed E-state index contributed by atoms with van der Waals surface area (Å²) in [5, 5.41) is 11.0. The van der Waals surface area contributed by atoms with E-state index in [2.05, 4.69) is 5.32 Å². The predicted molar refractivity (Wildman–Crippen MR) is 96.3 cm³/mol. The Kier molecular flexibility index (Phi) is 6.30. The molecule has 2 rings (SSSR count). The van der Waals surface area contributed by atoms with Crippen LogP contribution in [0, 0.1) is 0 Å². The molecular formula is C18H19NO5S. The average molecular weight is 361 g/mol. The van der Waals surface area contributed by atoms with Gasteiger partial charge >= 0.3 is 5.97 Å². The van der Waals surface area contributed by atoms with E-state index in [0.717, 1.165) is 0 Å². The highest BCUT2D eigenvalue weighted by molar-refractivity contribution is 7.85. The van der Waals surface area contributed by atoms with Crippen LogP contribution in [0.2, 0.25) is 0 Å². The van der Waals surface area contributed by atoms with Crippen LogP contribution in [0.4, 0.5) is 5.69 Å². The van der Waals surface area contributed by atoms with Gasteiger partial charge in [0, 0.05) is 22.2 Å². The van der Waals surface area contributed by atoms with Crippen molar-refractivity contribution >= 4 is 28.4 Å². The van der Waals surface area contributed by atoms with E-state index in [0.29, 0.717) is 17.0 Å². The largest absolute Gasteiger partial charge is 0.497 e. The average Bonchev–Trinajstić information content (AvgIpc) is 2.61. The lowest BCUT2D eigenvalue weighted by Gasteiger charge is -2.13. The molecule has 0 heterocycles. The van der Waals surface area contributed by atoms with Gasteiger partial charge in [-0.2, -0.15) is 0 Å². The minimum Gasteiger partial charge on any atom is -0.497 e. The van der Waals surface area contributed by atoms with Gasteiger partial charge in [0.1, 0.15) is 11.0 Å². The zero-order valence-corrected chi connectivity index (χ0v) is 14.7. The normalized spacial score (nSPS) is 12.9. The number of rotatable bonds is 7. The van der Waals surface area contributed by atoms with Gasteiger partial charge in [-0.3, -0.25) is 9.00 Å². The van der Waals surface area contributed by atoms with Crippen molar-refractivity contribution in [1.29, 1.82) is 0 Å². The Morgan fingerprint density at radius 3 is 2.48 bits per heavy atom. The molecule has 0 aliphatic carbocycles. The maximum atomic E-state index is 12.4. The molecule has 2 aromatic carbocycles. The van der Waals surface area contributed by atoms with Gasteiger partial charge in [-0.25, -0.2) is 4.79 Å². The van der Waals surface area contributed by atoms with Crippen molar-refractivity contribution in [2.75, 3.05) is 12.4 Å². The fraction of sp³-hybridized carbons (Fsp3) is 0.222. The summed E-state index contributed by atoms with van der Waals surface area (Å²) in [6.45, 7) is 1.58. The zero-order chi connectivity index (χ0) is 18.4. The van der Waals surface area contributed by atoms with Gasteiger partial charge in [0.25, 0.3) is 0 Å². The molecule has 0 saturated heterocycles. The molecule has 0 spiro atoms. The molecule has 0 aliphatic heterocycles. The molecule has 2 unspecified atom stereocenters. The maximum absolute atomic E-state index is 12.4. The molecule has 6 nitrogen and oxygen atoms in total. The predicted octanol–water partition coefficient (Wildman–Crippen LogP) is 2.67. The molecule has 1 amide bonds. The van der Waals surface area contributed by atoms with Crippen molar-refractivity contribution in [2.45, 2.75) is 17.9 Å². The Morgan fingerprint density at radius 1 is 1.20 bits per heavy atom. The summed E-state index contributed by atoms with van der Waals surface area (Å²) in [4.78, 5) is 23.2. The first-order chi connectivity index (χ1) is 11.9. The number of carbonyl (C=O) groups excluding carboxylic acids is 1. The molecule has 2 N–H and O–H groups in total. The van der Waals surface area contributed by atoms with Crippen molar-refractivity contribution in [2.24, 2.45) is 0 Å². The number of carboxylic acid groups (broad SMARTS) is 1. The standard InChI is InChI=1S/C18H19NO5S/c1-12(17(20)19-15-6-8-16(24-2)9-7-15)25(23)11-13-4-3-5-14(10-13)18(21)22/h3-10,12H,11H2,1-2H3,(H,19,20)(H,21,22). The highest BCUT2D eigenvalue weighted by atomic mass is 32.2. The number of amides is 1. The number of carbonyl (C=O) groups is 2. The number of nitrogens with one attached hydrogen (secondary N) is 1. The number of anilines is 1. The van der Waals surface area contributed by atoms with E-state index in [9.17, 15) is 13.8 Å². The number of benzene rings is 2. The third kappa shape index (κ3) is 5.15. The van der Waals surface area contributed by atoms with Crippen LogP contribution < -0.4 is 10.1 Å². The van der Waals surface area contributed by atoms with Crippen LogP contribution in [0.3, 0.4) is 0 Å². The highest BCUT2D eigenvalue weighted by Crippen LogP contribution is 2.16. The number of hydrogen-bond acceptors (Lipinski definition) is 4. The SMILES string of the molecule is COc1ccc(NC(=O)C(C)S(=O)Cc2cccc(C(=O)O)c2)cc1. The molecule has 0 radical (unpaired) electrons. The molecule has 132 valence electrons. The van der Waals surface area contributed by atoms with Crippen LogP contribution >= 0.6 is 0 Å². The number of hydrogen-bond donors (Lipinski definition) is 2. The van der Waals surface area contributed by atoms with E-state index < -0.39 is 22.0 Å². The van der Waals surface area contributed by atoms with Gasteiger partial charge in [0.15, 0.2) is 0 Å². The highest BCUT2D eigenvalue weighted by Gasteiger charge is 2.20. The number of methoxy groups -OCH3 is 1. The Morgan fingerprint density at radius 2 is 1.88 bits per heavy atom. The van der Waals surface area contributed by atoms with E-state index >= 15 is 0 Å². The van der Waals surface area contributed by atoms with Crippen molar-refractivity contribution in [3.05, 3.63) is 59.7 Å². The van der Waals surface area contributed by atoms with Crippen molar-refractivity contribution < 1.29 is 23.6 Å².